The maximum absolute atomic E-state index is 13.2. The van der Waals surface area contributed by atoms with E-state index in [0.29, 0.717) is 12.6 Å². The van der Waals surface area contributed by atoms with Gasteiger partial charge in [-0.15, -0.1) is 0 Å². The van der Waals surface area contributed by atoms with Gasteiger partial charge in [-0.1, -0.05) is 43.7 Å². The molecule has 1 fully saturated rings. The van der Waals surface area contributed by atoms with Gasteiger partial charge in [0.25, 0.3) is 0 Å². The number of rotatable bonds is 8. The van der Waals surface area contributed by atoms with Gasteiger partial charge in [-0.3, -0.25) is 0 Å². The van der Waals surface area contributed by atoms with Gasteiger partial charge in [0.1, 0.15) is 11.6 Å². The van der Waals surface area contributed by atoms with Crippen LogP contribution in [0.2, 0.25) is 0 Å². The van der Waals surface area contributed by atoms with E-state index in [9.17, 15) is 4.39 Å². The van der Waals surface area contributed by atoms with Crippen molar-refractivity contribution in [2.45, 2.75) is 45.3 Å². The lowest BCUT2D eigenvalue weighted by molar-refractivity contribution is 0.0314. The quantitative estimate of drug-likeness (QED) is 0.522. The summed E-state index contributed by atoms with van der Waals surface area (Å²) in [5.74, 6) is 1.19. The number of aryl methyl sites for hydroxylation is 1. The third kappa shape index (κ3) is 6.01. The fraction of sp³-hybridized carbons (Fsp3) is 0.360. The van der Waals surface area contributed by atoms with E-state index in [1.807, 2.05) is 18.2 Å². The van der Waals surface area contributed by atoms with Crippen LogP contribution in [0.5, 0.6) is 0 Å². The number of ether oxygens (including phenoxy) is 1. The lowest BCUT2D eigenvalue weighted by atomic mass is 10.1. The Hall–Kier alpha value is -2.99. The second kappa shape index (κ2) is 10.4. The molecule has 4 rings (SSSR count). The summed E-state index contributed by atoms with van der Waals surface area (Å²) in [6.45, 7) is 4.53. The summed E-state index contributed by atoms with van der Waals surface area (Å²) in [6, 6.07) is 18.6. The van der Waals surface area contributed by atoms with E-state index in [1.165, 1.54) is 17.7 Å². The number of halogens is 1. The smallest absolute Gasteiger partial charge is 0.229 e. The number of anilines is 3. The molecule has 0 amide bonds. The van der Waals surface area contributed by atoms with Crippen LogP contribution in [0.15, 0.2) is 60.7 Å². The van der Waals surface area contributed by atoms with Crippen molar-refractivity contribution >= 4 is 17.5 Å². The average molecular weight is 421 g/mol. The Morgan fingerprint density at radius 2 is 1.90 bits per heavy atom. The van der Waals surface area contributed by atoms with Gasteiger partial charge < -0.3 is 15.0 Å². The molecule has 0 radical (unpaired) electrons. The number of benzene rings is 2. The van der Waals surface area contributed by atoms with Crippen molar-refractivity contribution < 1.29 is 9.13 Å². The topological polar surface area (TPSA) is 50.3 Å². The molecule has 0 aliphatic carbocycles. The Morgan fingerprint density at radius 1 is 1.10 bits per heavy atom. The fourth-order valence-corrected chi connectivity index (χ4v) is 3.82. The van der Waals surface area contributed by atoms with Crippen molar-refractivity contribution in [3.05, 3.63) is 77.7 Å². The third-order valence-corrected chi connectivity index (χ3v) is 5.40. The first kappa shape index (κ1) is 21.2. The molecule has 2 heterocycles. The van der Waals surface area contributed by atoms with Crippen molar-refractivity contribution in [3.63, 3.8) is 0 Å². The molecule has 1 unspecified atom stereocenters. The van der Waals surface area contributed by atoms with Gasteiger partial charge in [0, 0.05) is 30.5 Å². The SMILES string of the molecule is CCCc1cc(N2CCCC(OCc3ccccc3)C2)nc(Nc2ccc(F)cc2)n1. The second-order valence-electron chi connectivity index (χ2n) is 7.93. The number of nitrogens with zero attached hydrogens (tertiary/aromatic N) is 3. The van der Waals surface area contributed by atoms with Crippen LogP contribution in [0.25, 0.3) is 0 Å². The van der Waals surface area contributed by atoms with Crippen LogP contribution >= 0.6 is 0 Å². The van der Waals surface area contributed by atoms with E-state index in [2.05, 4.69) is 40.3 Å². The van der Waals surface area contributed by atoms with Crippen LogP contribution < -0.4 is 10.2 Å². The van der Waals surface area contributed by atoms with E-state index >= 15 is 0 Å². The van der Waals surface area contributed by atoms with Crippen molar-refractivity contribution in [3.8, 4) is 0 Å². The minimum atomic E-state index is -0.262. The average Bonchev–Trinajstić information content (AvgIpc) is 2.80. The molecule has 0 bridgehead atoms. The highest BCUT2D eigenvalue weighted by Gasteiger charge is 2.22. The molecule has 0 spiro atoms. The molecule has 162 valence electrons. The summed E-state index contributed by atoms with van der Waals surface area (Å²) >= 11 is 0. The maximum atomic E-state index is 13.2. The molecular formula is C25H29FN4O. The summed E-state index contributed by atoms with van der Waals surface area (Å²) < 4.78 is 19.4. The first-order valence-electron chi connectivity index (χ1n) is 11.0. The molecule has 1 aliphatic rings. The minimum Gasteiger partial charge on any atom is -0.372 e. The lowest BCUT2D eigenvalue weighted by Gasteiger charge is -2.33. The van der Waals surface area contributed by atoms with Crippen LogP contribution in [0.4, 0.5) is 21.8 Å². The predicted octanol–water partition coefficient (Wildman–Crippen LogP) is 5.50. The Balaban J connectivity index is 1.47. The van der Waals surface area contributed by atoms with E-state index in [4.69, 9.17) is 9.72 Å². The van der Waals surface area contributed by atoms with Crippen molar-refractivity contribution in [2.24, 2.45) is 0 Å². The second-order valence-corrected chi connectivity index (χ2v) is 7.93. The third-order valence-electron chi connectivity index (χ3n) is 5.40. The highest BCUT2D eigenvalue weighted by molar-refractivity contribution is 5.55. The number of piperidine rings is 1. The highest BCUT2D eigenvalue weighted by Crippen LogP contribution is 2.24. The first-order chi connectivity index (χ1) is 15.2. The molecule has 1 aliphatic heterocycles. The summed E-state index contributed by atoms with van der Waals surface area (Å²) in [7, 11) is 0. The molecule has 6 heteroatoms. The van der Waals surface area contributed by atoms with E-state index < -0.39 is 0 Å². The van der Waals surface area contributed by atoms with Gasteiger partial charge >= 0.3 is 0 Å². The summed E-state index contributed by atoms with van der Waals surface area (Å²) in [6.07, 6.45) is 4.18. The molecule has 31 heavy (non-hydrogen) atoms. The molecular weight excluding hydrogens is 391 g/mol. The summed E-state index contributed by atoms with van der Waals surface area (Å²) in [5, 5.41) is 3.22. The predicted molar refractivity (Wildman–Crippen MR) is 122 cm³/mol. The summed E-state index contributed by atoms with van der Waals surface area (Å²) in [5.41, 5.74) is 2.96. The number of nitrogens with one attached hydrogen (secondary N) is 1. The molecule has 1 atom stereocenters. The van der Waals surface area contributed by atoms with Gasteiger partial charge in [0.05, 0.1) is 12.7 Å². The molecule has 3 aromatic rings. The van der Waals surface area contributed by atoms with Gasteiger partial charge in [0.2, 0.25) is 5.95 Å². The fourth-order valence-electron chi connectivity index (χ4n) is 3.82. The number of aromatic nitrogens is 2. The normalized spacial score (nSPS) is 16.3. The molecule has 1 N–H and O–H groups in total. The van der Waals surface area contributed by atoms with Crippen molar-refractivity contribution in [1.82, 2.24) is 9.97 Å². The van der Waals surface area contributed by atoms with Gasteiger partial charge in [-0.05, 0) is 49.1 Å². The number of hydrogen-bond donors (Lipinski definition) is 1. The van der Waals surface area contributed by atoms with Gasteiger partial charge in [-0.2, -0.15) is 4.98 Å². The number of hydrogen-bond acceptors (Lipinski definition) is 5. The Kier molecular flexibility index (Phi) is 7.10. The zero-order valence-corrected chi connectivity index (χ0v) is 17.9. The minimum absolute atomic E-state index is 0.173. The van der Waals surface area contributed by atoms with E-state index in [1.54, 1.807) is 12.1 Å². The molecule has 1 saturated heterocycles. The van der Waals surface area contributed by atoms with E-state index in [-0.39, 0.29) is 11.9 Å². The van der Waals surface area contributed by atoms with Gasteiger partial charge in [-0.25, -0.2) is 9.37 Å². The Labute approximate surface area is 183 Å². The van der Waals surface area contributed by atoms with Gasteiger partial charge in [0.15, 0.2) is 0 Å². The molecule has 2 aromatic carbocycles. The van der Waals surface area contributed by atoms with Crippen LogP contribution in [0.3, 0.4) is 0 Å². The molecule has 1 aromatic heterocycles. The molecule has 0 saturated carbocycles. The van der Waals surface area contributed by atoms with Crippen molar-refractivity contribution in [1.29, 1.82) is 0 Å². The lowest BCUT2D eigenvalue weighted by Crippen LogP contribution is -2.40. The monoisotopic (exact) mass is 420 g/mol. The Bertz CT molecular complexity index is 965. The Morgan fingerprint density at radius 3 is 2.68 bits per heavy atom. The van der Waals surface area contributed by atoms with Crippen LogP contribution in [-0.4, -0.2) is 29.2 Å². The zero-order valence-electron chi connectivity index (χ0n) is 17.9. The first-order valence-corrected chi connectivity index (χ1v) is 11.0. The van der Waals surface area contributed by atoms with E-state index in [0.717, 1.165) is 56.0 Å². The maximum Gasteiger partial charge on any atom is 0.229 e. The standard InChI is InChI=1S/C25H29FN4O/c1-2-7-22-16-24(29-25(28-22)27-21-13-11-20(26)12-14-21)30-15-6-10-23(17-30)31-18-19-8-4-3-5-9-19/h3-5,8-9,11-14,16,23H,2,6-7,10,15,17-18H2,1H3,(H,27,28,29). The largest absolute Gasteiger partial charge is 0.372 e. The highest BCUT2D eigenvalue weighted by atomic mass is 19.1. The zero-order chi connectivity index (χ0) is 21.5. The summed E-state index contributed by atoms with van der Waals surface area (Å²) in [4.78, 5) is 11.7. The van der Waals surface area contributed by atoms with Crippen LogP contribution in [0, 0.1) is 5.82 Å². The van der Waals surface area contributed by atoms with Crippen LogP contribution in [-0.2, 0) is 17.8 Å². The molecule has 5 nitrogen and oxygen atoms in total. The van der Waals surface area contributed by atoms with Crippen molar-refractivity contribution in [2.75, 3.05) is 23.3 Å². The van der Waals surface area contributed by atoms with Crippen LogP contribution in [0.1, 0.15) is 37.4 Å².